The summed E-state index contributed by atoms with van der Waals surface area (Å²) in [5.41, 5.74) is 0.248. The largest absolute Gasteiger partial charge is 0.402 e. The zero-order chi connectivity index (χ0) is 4.99. The number of hydrogen-bond acceptors (Lipinski definition) is 3. The van der Waals surface area contributed by atoms with Crippen LogP contribution in [0.3, 0.4) is 0 Å². The van der Waals surface area contributed by atoms with Gasteiger partial charge in [0.2, 0.25) is 0 Å². The molecule has 0 aromatic carbocycles. The normalized spacial score (nSPS) is 7.12. The predicted molar refractivity (Wildman–Crippen MR) is 31.4 cm³/mol. The van der Waals surface area contributed by atoms with E-state index in [1.54, 1.807) is 6.92 Å². The molecule has 0 atom stereocenters. The van der Waals surface area contributed by atoms with Gasteiger partial charge in [0.05, 0.1) is 0 Å². The van der Waals surface area contributed by atoms with Crippen LogP contribution in [-0.2, 0) is 32.7 Å². The van der Waals surface area contributed by atoms with Crippen LogP contribution in [0, 0.1) is 12.8 Å². The maximum Gasteiger partial charge on any atom is 0 e. The molecule has 3 N–H and O–H groups in total. The number of hydrogen-bond donors (Lipinski definition) is 2. The SMILES string of the molecule is CC(=N)[C-]=NN.[CH3-].[Y]. The van der Waals surface area contributed by atoms with Crippen molar-refractivity contribution < 1.29 is 32.7 Å². The number of nitrogens with two attached hydrogens (primary N) is 1. The molecule has 0 fully saturated rings. The monoisotopic (exact) mass is 188 g/mol. The second kappa shape index (κ2) is 10.3. The molecule has 0 unspecified atom stereocenters. The van der Waals surface area contributed by atoms with Gasteiger partial charge in [0.15, 0.2) is 0 Å². The number of nitrogens with one attached hydrogen (secondary N) is 1. The molecule has 0 rings (SSSR count). The smallest absolute Gasteiger partial charge is 0 e. The fourth-order valence-electron chi connectivity index (χ4n) is 0.0968. The van der Waals surface area contributed by atoms with Crippen molar-refractivity contribution in [2.45, 2.75) is 6.92 Å². The number of rotatable bonds is 1. The van der Waals surface area contributed by atoms with Gasteiger partial charge in [-0.05, 0) is 0 Å². The molecule has 1 radical (unpaired) electrons. The fraction of sp³-hybridized carbons (Fsp3) is 0.250. The van der Waals surface area contributed by atoms with Crippen LogP contribution in [-0.4, -0.2) is 11.9 Å². The Labute approximate surface area is 75.1 Å². The molecule has 0 aromatic rings. The summed E-state index contributed by atoms with van der Waals surface area (Å²) in [6.45, 7) is 1.55. The maximum absolute atomic E-state index is 6.61. The van der Waals surface area contributed by atoms with Gasteiger partial charge in [-0.15, -0.1) is 5.71 Å². The van der Waals surface area contributed by atoms with Crippen LogP contribution in [0.25, 0.3) is 0 Å². The van der Waals surface area contributed by atoms with Crippen molar-refractivity contribution in [2.75, 3.05) is 0 Å². The first-order valence-corrected chi connectivity index (χ1v) is 1.48. The third-order valence-electron chi connectivity index (χ3n) is 0.232. The van der Waals surface area contributed by atoms with Crippen molar-refractivity contribution in [2.24, 2.45) is 10.9 Å². The van der Waals surface area contributed by atoms with Crippen LogP contribution < -0.4 is 5.84 Å². The topological polar surface area (TPSA) is 62.2 Å². The van der Waals surface area contributed by atoms with Gasteiger partial charge in [-0.2, -0.15) is 0 Å². The van der Waals surface area contributed by atoms with Gasteiger partial charge in [0.1, 0.15) is 0 Å². The van der Waals surface area contributed by atoms with E-state index in [1.807, 2.05) is 0 Å². The quantitative estimate of drug-likeness (QED) is 0.264. The van der Waals surface area contributed by atoms with E-state index in [0.29, 0.717) is 0 Å². The predicted octanol–water partition coefficient (Wildman–Crippen LogP) is 0.295. The summed E-state index contributed by atoms with van der Waals surface area (Å²) in [4.78, 5) is 0. The minimum atomic E-state index is 0. The van der Waals surface area contributed by atoms with Crippen LogP contribution in [0.5, 0.6) is 0 Å². The van der Waals surface area contributed by atoms with Crippen LogP contribution in [0.15, 0.2) is 5.10 Å². The first-order chi connectivity index (χ1) is 2.77. The molecule has 0 aliphatic heterocycles. The van der Waals surface area contributed by atoms with Gasteiger partial charge in [-0.3, -0.25) is 0 Å². The van der Waals surface area contributed by atoms with E-state index in [-0.39, 0.29) is 45.8 Å². The Morgan fingerprint density at radius 1 is 1.75 bits per heavy atom. The molecular formula is C4H9N3Y-2. The van der Waals surface area contributed by atoms with E-state index in [2.05, 4.69) is 17.2 Å². The van der Waals surface area contributed by atoms with Gasteiger partial charge in [-0.25, -0.2) is 0 Å². The molecular weight excluding hydrogens is 179 g/mol. The Morgan fingerprint density at radius 2 is 2.12 bits per heavy atom. The van der Waals surface area contributed by atoms with E-state index < -0.39 is 0 Å². The first-order valence-electron chi connectivity index (χ1n) is 1.48. The molecule has 8 heavy (non-hydrogen) atoms. The Hall–Kier alpha value is 0.244. The van der Waals surface area contributed by atoms with Crippen LogP contribution in [0.1, 0.15) is 6.92 Å². The molecule has 0 aromatic heterocycles. The van der Waals surface area contributed by atoms with Crippen molar-refractivity contribution in [1.29, 1.82) is 5.41 Å². The minimum Gasteiger partial charge on any atom is -0.402 e. The molecule has 45 valence electrons. The van der Waals surface area contributed by atoms with Crippen molar-refractivity contribution in [3.8, 4) is 0 Å². The van der Waals surface area contributed by atoms with E-state index in [9.17, 15) is 0 Å². The number of hydrazone groups is 1. The Bertz CT molecular complexity index is 79.4. The van der Waals surface area contributed by atoms with Crippen LogP contribution >= 0.6 is 0 Å². The summed E-state index contributed by atoms with van der Waals surface area (Å²) in [6.07, 6.45) is 2.19. The van der Waals surface area contributed by atoms with Crippen LogP contribution in [0.2, 0.25) is 0 Å². The molecule has 3 nitrogen and oxygen atoms in total. The first kappa shape index (κ1) is 15.7. The molecule has 0 heterocycles. The number of nitrogens with zero attached hydrogens (tertiary/aromatic N) is 1. The Balaban J connectivity index is -0.000000125. The van der Waals surface area contributed by atoms with E-state index >= 15 is 0 Å². The summed E-state index contributed by atoms with van der Waals surface area (Å²) < 4.78 is 0. The average molecular weight is 188 g/mol. The van der Waals surface area contributed by atoms with Crippen molar-refractivity contribution >= 4 is 11.9 Å². The van der Waals surface area contributed by atoms with Crippen LogP contribution in [0.4, 0.5) is 0 Å². The summed E-state index contributed by atoms with van der Waals surface area (Å²) in [7, 11) is 0. The second-order valence-corrected chi connectivity index (χ2v) is 0.866. The van der Waals surface area contributed by atoms with Gasteiger partial charge in [-0.1, -0.05) is 6.92 Å². The molecule has 0 spiro atoms. The zero-order valence-corrected chi connectivity index (χ0v) is 7.94. The standard InChI is InChI=1S/C3H6N3.CH3.Y/c1-3(4)2-6-5;;/h4H,5H2,1H3;1H3;/q2*-1;. The Morgan fingerprint density at radius 3 is 2.12 bits per heavy atom. The van der Waals surface area contributed by atoms with Crippen molar-refractivity contribution in [3.63, 3.8) is 0 Å². The molecule has 0 aliphatic carbocycles. The van der Waals surface area contributed by atoms with Gasteiger partial charge in [0.25, 0.3) is 0 Å². The second-order valence-electron chi connectivity index (χ2n) is 0.866. The van der Waals surface area contributed by atoms with Gasteiger partial charge in [0, 0.05) is 32.7 Å². The molecule has 0 saturated heterocycles. The maximum atomic E-state index is 6.61. The summed E-state index contributed by atoms with van der Waals surface area (Å²) >= 11 is 0. The average Bonchev–Trinajstić information content (AvgIpc) is 1.35. The van der Waals surface area contributed by atoms with E-state index in [0.717, 1.165) is 0 Å². The zero-order valence-electron chi connectivity index (χ0n) is 5.10. The van der Waals surface area contributed by atoms with Crippen molar-refractivity contribution in [3.05, 3.63) is 7.43 Å². The third kappa shape index (κ3) is 16.3. The summed E-state index contributed by atoms with van der Waals surface area (Å²) in [5.74, 6) is 4.60. The molecule has 4 heteroatoms. The third-order valence-corrected chi connectivity index (χ3v) is 0.232. The van der Waals surface area contributed by atoms with E-state index in [1.165, 1.54) is 0 Å². The fourth-order valence-corrected chi connectivity index (χ4v) is 0.0968. The van der Waals surface area contributed by atoms with Gasteiger partial charge < -0.3 is 30.0 Å². The van der Waals surface area contributed by atoms with Crippen molar-refractivity contribution in [1.82, 2.24) is 0 Å². The molecule has 0 bridgehead atoms. The molecule has 0 aliphatic rings. The Kier molecular flexibility index (Phi) is 20.2. The molecule has 0 saturated carbocycles. The molecule has 0 amide bonds. The van der Waals surface area contributed by atoms with Gasteiger partial charge >= 0.3 is 0 Å². The minimum absolute atomic E-state index is 0. The van der Waals surface area contributed by atoms with E-state index in [4.69, 9.17) is 5.41 Å². The summed E-state index contributed by atoms with van der Waals surface area (Å²) in [6, 6.07) is 0. The summed E-state index contributed by atoms with van der Waals surface area (Å²) in [5, 5.41) is 9.57.